The molecule has 1 aliphatic rings. The van der Waals surface area contributed by atoms with Crippen molar-refractivity contribution in [3.8, 4) is 0 Å². The summed E-state index contributed by atoms with van der Waals surface area (Å²) in [7, 11) is 0. The van der Waals surface area contributed by atoms with Crippen LogP contribution < -0.4 is 16.0 Å². The van der Waals surface area contributed by atoms with Gasteiger partial charge in [0.05, 0.1) is 0 Å². The molecule has 110 valence electrons. The lowest BCUT2D eigenvalue weighted by Gasteiger charge is -2.31. The summed E-state index contributed by atoms with van der Waals surface area (Å²) in [5.74, 6) is 0.0743. The van der Waals surface area contributed by atoms with Gasteiger partial charge in [-0.15, -0.1) is 0 Å². The molecule has 0 aromatic heterocycles. The van der Waals surface area contributed by atoms with E-state index in [0.29, 0.717) is 0 Å². The first-order chi connectivity index (χ1) is 9.50. The van der Waals surface area contributed by atoms with Crippen LogP contribution in [-0.2, 0) is 4.79 Å². The van der Waals surface area contributed by atoms with E-state index in [-0.39, 0.29) is 24.0 Å². The normalized spacial score (nSPS) is 20.2. The Hall–Kier alpha value is -1.55. The third-order valence-corrected chi connectivity index (χ3v) is 3.84. The van der Waals surface area contributed by atoms with Crippen molar-refractivity contribution < 1.29 is 4.79 Å². The molecule has 0 spiro atoms. The molecule has 2 rings (SSSR count). The van der Waals surface area contributed by atoms with Crippen LogP contribution in [0.1, 0.15) is 45.2 Å². The van der Waals surface area contributed by atoms with Crippen molar-refractivity contribution >= 4 is 11.6 Å². The van der Waals surface area contributed by atoms with Gasteiger partial charge < -0.3 is 16.0 Å². The molecule has 20 heavy (non-hydrogen) atoms. The molecular weight excluding hydrogens is 250 g/mol. The van der Waals surface area contributed by atoms with Gasteiger partial charge in [-0.3, -0.25) is 4.79 Å². The van der Waals surface area contributed by atoms with E-state index in [1.807, 2.05) is 32.9 Å². The number of amides is 1. The molecule has 1 amide bonds. The molecule has 2 unspecified atom stereocenters. The standard InChI is InChI=1S/C16H25N3O/c1-11(2)18-16(20)12(3)19-10-6-8-14(17)13-7-4-5-9-15(13)19/h4-5,7,9,11-12,14H,6,8,10,17H2,1-3H3,(H,18,20). The molecule has 1 aromatic carbocycles. The minimum absolute atomic E-state index is 0.0663. The summed E-state index contributed by atoms with van der Waals surface area (Å²) in [6, 6.07) is 8.22. The van der Waals surface area contributed by atoms with Gasteiger partial charge in [0.1, 0.15) is 6.04 Å². The number of para-hydroxylation sites is 1. The topological polar surface area (TPSA) is 58.4 Å². The number of rotatable bonds is 3. The zero-order chi connectivity index (χ0) is 14.7. The minimum atomic E-state index is -0.177. The molecule has 1 heterocycles. The first kappa shape index (κ1) is 14.9. The molecule has 4 heteroatoms. The summed E-state index contributed by atoms with van der Waals surface area (Å²) in [6.07, 6.45) is 1.97. The van der Waals surface area contributed by atoms with E-state index in [0.717, 1.165) is 30.6 Å². The number of nitrogens with one attached hydrogen (secondary N) is 1. The third kappa shape index (κ3) is 3.12. The number of carbonyl (C=O) groups excluding carboxylic acids is 1. The van der Waals surface area contributed by atoms with E-state index in [4.69, 9.17) is 5.73 Å². The predicted molar refractivity (Wildman–Crippen MR) is 82.7 cm³/mol. The molecular formula is C16H25N3O. The molecule has 1 aromatic rings. The highest BCUT2D eigenvalue weighted by Crippen LogP contribution is 2.32. The summed E-state index contributed by atoms with van der Waals surface area (Å²) in [5, 5.41) is 2.99. The monoisotopic (exact) mass is 275 g/mol. The Morgan fingerprint density at radius 3 is 2.75 bits per heavy atom. The Balaban J connectivity index is 2.27. The SMILES string of the molecule is CC(C)NC(=O)C(C)N1CCCC(N)c2ccccc21. The van der Waals surface area contributed by atoms with Crippen LogP contribution in [0.15, 0.2) is 24.3 Å². The Bertz CT molecular complexity index is 473. The van der Waals surface area contributed by atoms with Gasteiger partial charge in [0.25, 0.3) is 0 Å². The highest BCUT2D eigenvalue weighted by molar-refractivity contribution is 5.85. The number of nitrogens with zero attached hydrogens (tertiary/aromatic N) is 1. The number of anilines is 1. The Labute approximate surface area is 121 Å². The van der Waals surface area contributed by atoms with Crippen LogP contribution >= 0.6 is 0 Å². The van der Waals surface area contributed by atoms with Crippen LogP contribution in [0, 0.1) is 0 Å². The minimum Gasteiger partial charge on any atom is -0.360 e. The van der Waals surface area contributed by atoms with Gasteiger partial charge >= 0.3 is 0 Å². The van der Waals surface area contributed by atoms with E-state index in [1.165, 1.54) is 0 Å². The predicted octanol–water partition coefficient (Wildman–Crippen LogP) is 2.20. The molecule has 0 fully saturated rings. The van der Waals surface area contributed by atoms with E-state index >= 15 is 0 Å². The van der Waals surface area contributed by atoms with Crippen molar-refractivity contribution in [2.75, 3.05) is 11.4 Å². The molecule has 0 saturated heterocycles. The Kier molecular flexibility index (Phi) is 4.65. The lowest BCUT2D eigenvalue weighted by atomic mass is 10.0. The van der Waals surface area contributed by atoms with Crippen molar-refractivity contribution in [1.82, 2.24) is 5.32 Å². The van der Waals surface area contributed by atoms with Crippen LogP contribution in [-0.4, -0.2) is 24.5 Å². The number of carbonyl (C=O) groups is 1. The maximum Gasteiger partial charge on any atom is 0.242 e. The summed E-state index contributed by atoms with van der Waals surface area (Å²) in [4.78, 5) is 14.5. The Morgan fingerprint density at radius 2 is 2.05 bits per heavy atom. The number of fused-ring (bicyclic) bond motifs is 1. The van der Waals surface area contributed by atoms with Crippen molar-refractivity contribution in [1.29, 1.82) is 0 Å². The molecule has 1 aliphatic heterocycles. The van der Waals surface area contributed by atoms with E-state index in [2.05, 4.69) is 22.3 Å². The number of benzene rings is 1. The van der Waals surface area contributed by atoms with Gasteiger partial charge in [-0.25, -0.2) is 0 Å². The number of nitrogens with two attached hydrogens (primary N) is 1. The first-order valence-electron chi connectivity index (χ1n) is 7.42. The first-order valence-corrected chi connectivity index (χ1v) is 7.42. The van der Waals surface area contributed by atoms with Crippen LogP contribution in [0.2, 0.25) is 0 Å². The second kappa shape index (κ2) is 6.27. The zero-order valence-corrected chi connectivity index (χ0v) is 12.6. The third-order valence-electron chi connectivity index (χ3n) is 3.84. The molecule has 0 radical (unpaired) electrons. The molecule has 0 saturated carbocycles. The molecule has 0 aliphatic carbocycles. The second-order valence-corrected chi connectivity index (χ2v) is 5.84. The average Bonchev–Trinajstić information content (AvgIpc) is 2.57. The molecule has 2 atom stereocenters. The molecule has 4 nitrogen and oxygen atoms in total. The summed E-state index contributed by atoms with van der Waals surface area (Å²) >= 11 is 0. The highest BCUT2D eigenvalue weighted by Gasteiger charge is 2.27. The lowest BCUT2D eigenvalue weighted by Crippen LogP contribution is -2.47. The average molecular weight is 275 g/mol. The quantitative estimate of drug-likeness (QED) is 0.889. The molecule has 0 bridgehead atoms. The largest absolute Gasteiger partial charge is 0.360 e. The van der Waals surface area contributed by atoms with Crippen LogP contribution in [0.25, 0.3) is 0 Å². The van der Waals surface area contributed by atoms with Gasteiger partial charge in [0.2, 0.25) is 5.91 Å². The van der Waals surface area contributed by atoms with E-state index < -0.39 is 0 Å². The van der Waals surface area contributed by atoms with Gasteiger partial charge in [0.15, 0.2) is 0 Å². The fourth-order valence-corrected chi connectivity index (χ4v) is 2.77. The van der Waals surface area contributed by atoms with Crippen LogP contribution in [0.5, 0.6) is 0 Å². The summed E-state index contributed by atoms with van der Waals surface area (Å²) < 4.78 is 0. The summed E-state index contributed by atoms with van der Waals surface area (Å²) in [6.45, 7) is 6.80. The fourth-order valence-electron chi connectivity index (χ4n) is 2.77. The summed E-state index contributed by atoms with van der Waals surface area (Å²) in [5.41, 5.74) is 8.49. The highest BCUT2D eigenvalue weighted by atomic mass is 16.2. The lowest BCUT2D eigenvalue weighted by molar-refractivity contribution is -0.122. The maximum atomic E-state index is 12.3. The maximum absolute atomic E-state index is 12.3. The van der Waals surface area contributed by atoms with Crippen molar-refractivity contribution in [3.05, 3.63) is 29.8 Å². The van der Waals surface area contributed by atoms with E-state index in [1.54, 1.807) is 0 Å². The van der Waals surface area contributed by atoms with Crippen molar-refractivity contribution in [2.24, 2.45) is 5.73 Å². The van der Waals surface area contributed by atoms with Gasteiger partial charge in [-0.1, -0.05) is 18.2 Å². The fraction of sp³-hybridized carbons (Fsp3) is 0.562. The van der Waals surface area contributed by atoms with Crippen LogP contribution in [0.3, 0.4) is 0 Å². The smallest absolute Gasteiger partial charge is 0.242 e. The number of hydrogen-bond acceptors (Lipinski definition) is 3. The van der Waals surface area contributed by atoms with Gasteiger partial charge in [-0.2, -0.15) is 0 Å². The van der Waals surface area contributed by atoms with Gasteiger partial charge in [-0.05, 0) is 45.2 Å². The molecule has 3 N–H and O–H groups in total. The van der Waals surface area contributed by atoms with Gasteiger partial charge in [0, 0.05) is 24.3 Å². The van der Waals surface area contributed by atoms with Crippen molar-refractivity contribution in [3.63, 3.8) is 0 Å². The second-order valence-electron chi connectivity index (χ2n) is 5.84. The van der Waals surface area contributed by atoms with Crippen LogP contribution in [0.4, 0.5) is 5.69 Å². The van der Waals surface area contributed by atoms with E-state index in [9.17, 15) is 4.79 Å². The number of hydrogen-bond donors (Lipinski definition) is 2. The zero-order valence-electron chi connectivity index (χ0n) is 12.6. The van der Waals surface area contributed by atoms with Crippen molar-refractivity contribution in [2.45, 2.75) is 51.7 Å². The Morgan fingerprint density at radius 1 is 1.35 bits per heavy atom.